The molecule has 1 amide bonds. The fraction of sp³-hybridized carbons (Fsp3) is 0.778. The average molecular weight is 200 g/mol. The summed E-state index contributed by atoms with van der Waals surface area (Å²) in [6.07, 6.45) is -0.100. The van der Waals surface area contributed by atoms with E-state index in [1.54, 1.807) is 11.9 Å². The third kappa shape index (κ3) is 2.23. The number of carbonyl (C=O) groups excluding carboxylic acids is 1. The van der Waals surface area contributed by atoms with E-state index in [1.807, 2.05) is 11.8 Å². The lowest BCUT2D eigenvalue weighted by Crippen LogP contribution is -2.56. The number of rotatable bonds is 3. The molecule has 1 N–H and O–H groups in total. The lowest BCUT2D eigenvalue weighted by Gasteiger charge is -2.37. The van der Waals surface area contributed by atoms with Crippen molar-refractivity contribution in [1.82, 2.24) is 9.80 Å². The van der Waals surface area contributed by atoms with Gasteiger partial charge in [0.25, 0.3) is 0 Å². The van der Waals surface area contributed by atoms with Crippen LogP contribution < -0.4 is 0 Å². The molecule has 1 aliphatic heterocycles. The molecule has 5 nitrogen and oxygen atoms in total. The van der Waals surface area contributed by atoms with Gasteiger partial charge in [0.1, 0.15) is 0 Å². The van der Waals surface area contributed by atoms with Crippen LogP contribution in [0.4, 0.5) is 0 Å². The molecule has 1 aliphatic rings. The minimum atomic E-state index is -0.919. The topological polar surface area (TPSA) is 60.9 Å². The zero-order valence-corrected chi connectivity index (χ0v) is 8.56. The molecule has 0 aromatic carbocycles. The van der Waals surface area contributed by atoms with E-state index in [0.717, 1.165) is 13.1 Å². The normalized spacial score (nSPS) is 24.0. The van der Waals surface area contributed by atoms with Gasteiger partial charge < -0.3 is 10.0 Å². The van der Waals surface area contributed by atoms with Crippen molar-refractivity contribution in [2.75, 3.05) is 26.7 Å². The molecular formula is C9H16N2O3. The van der Waals surface area contributed by atoms with Crippen LogP contribution in [0.5, 0.6) is 0 Å². The second-order valence-electron chi connectivity index (χ2n) is 3.50. The number of piperazine rings is 1. The van der Waals surface area contributed by atoms with Crippen LogP contribution in [-0.4, -0.2) is 59.5 Å². The zero-order chi connectivity index (χ0) is 10.7. The maximum Gasteiger partial charge on any atom is 0.305 e. The van der Waals surface area contributed by atoms with E-state index in [9.17, 15) is 9.59 Å². The molecule has 5 heteroatoms. The summed E-state index contributed by atoms with van der Waals surface area (Å²) >= 11 is 0. The SMILES string of the molecule is CCN1CCN(C)C(=O)[C@H]1CC(=O)O. The van der Waals surface area contributed by atoms with E-state index < -0.39 is 12.0 Å². The minimum Gasteiger partial charge on any atom is -0.481 e. The van der Waals surface area contributed by atoms with Crippen molar-refractivity contribution in [1.29, 1.82) is 0 Å². The van der Waals surface area contributed by atoms with E-state index in [0.29, 0.717) is 6.54 Å². The third-order valence-corrected chi connectivity index (χ3v) is 2.60. The molecule has 0 aromatic heterocycles. The van der Waals surface area contributed by atoms with Crippen LogP contribution in [0, 0.1) is 0 Å². The monoisotopic (exact) mass is 200 g/mol. The van der Waals surface area contributed by atoms with Gasteiger partial charge in [0.05, 0.1) is 12.5 Å². The highest BCUT2D eigenvalue weighted by Crippen LogP contribution is 2.12. The largest absolute Gasteiger partial charge is 0.481 e. The number of carboxylic acids is 1. The van der Waals surface area contributed by atoms with Gasteiger partial charge in [-0.15, -0.1) is 0 Å². The van der Waals surface area contributed by atoms with E-state index in [-0.39, 0.29) is 12.3 Å². The second-order valence-corrected chi connectivity index (χ2v) is 3.50. The summed E-state index contributed by atoms with van der Waals surface area (Å²) in [6, 6.07) is -0.476. The second kappa shape index (κ2) is 4.41. The van der Waals surface area contributed by atoms with Gasteiger partial charge in [0, 0.05) is 20.1 Å². The van der Waals surface area contributed by atoms with Crippen molar-refractivity contribution >= 4 is 11.9 Å². The Labute approximate surface area is 83.3 Å². The molecule has 0 spiro atoms. The smallest absolute Gasteiger partial charge is 0.305 e. The molecule has 0 radical (unpaired) electrons. The number of carbonyl (C=O) groups is 2. The Morgan fingerprint density at radius 3 is 2.71 bits per heavy atom. The zero-order valence-electron chi connectivity index (χ0n) is 8.56. The quantitative estimate of drug-likeness (QED) is 0.675. The van der Waals surface area contributed by atoms with Crippen LogP contribution in [-0.2, 0) is 9.59 Å². The Morgan fingerprint density at radius 2 is 2.21 bits per heavy atom. The highest BCUT2D eigenvalue weighted by molar-refractivity contribution is 5.86. The first-order valence-electron chi connectivity index (χ1n) is 4.77. The summed E-state index contributed by atoms with van der Waals surface area (Å²) in [5.74, 6) is -1.00. The lowest BCUT2D eigenvalue weighted by molar-refractivity contribution is -0.148. The molecule has 1 atom stereocenters. The Hall–Kier alpha value is -1.10. The Balaban J connectivity index is 2.71. The van der Waals surface area contributed by atoms with Crippen molar-refractivity contribution in [3.63, 3.8) is 0 Å². The number of hydrogen-bond acceptors (Lipinski definition) is 3. The van der Waals surface area contributed by atoms with Gasteiger partial charge in [-0.3, -0.25) is 14.5 Å². The summed E-state index contributed by atoms with van der Waals surface area (Å²) in [5, 5.41) is 8.69. The molecule has 1 saturated heterocycles. The maximum absolute atomic E-state index is 11.7. The molecule has 1 fully saturated rings. The molecular weight excluding hydrogens is 184 g/mol. The summed E-state index contributed by atoms with van der Waals surface area (Å²) in [4.78, 5) is 25.7. The van der Waals surface area contributed by atoms with Crippen molar-refractivity contribution in [3.8, 4) is 0 Å². The molecule has 0 saturated carbocycles. The Kier molecular flexibility index (Phi) is 3.46. The first kappa shape index (κ1) is 11.0. The molecule has 0 aliphatic carbocycles. The van der Waals surface area contributed by atoms with Gasteiger partial charge in [-0.05, 0) is 6.54 Å². The van der Waals surface area contributed by atoms with Crippen LogP contribution in [0.15, 0.2) is 0 Å². The van der Waals surface area contributed by atoms with Crippen molar-refractivity contribution < 1.29 is 14.7 Å². The molecule has 14 heavy (non-hydrogen) atoms. The lowest BCUT2D eigenvalue weighted by atomic mass is 10.1. The predicted octanol–water partition coefficient (Wildman–Crippen LogP) is -0.376. The molecule has 0 aromatic rings. The van der Waals surface area contributed by atoms with Crippen LogP contribution >= 0.6 is 0 Å². The van der Waals surface area contributed by atoms with Crippen LogP contribution in [0.2, 0.25) is 0 Å². The van der Waals surface area contributed by atoms with Gasteiger partial charge in [-0.1, -0.05) is 6.92 Å². The molecule has 1 heterocycles. The van der Waals surface area contributed by atoms with Crippen molar-refractivity contribution in [3.05, 3.63) is 0 Å². The summed E-state index contributed by atoms with van der Waals surface area (Å²) < 4.78 is 0. The fourth-order valence-electron chi connectivity index (χ4n) is 1.72. The van der Waals surface area contributed by atoms with Gasteiger partial charge in [0.2, 0.25) is 5.91 Å². The van der Waals surface area contributed by atoms with Crippen LogP contribution in [0.25, 0.3) is 0 Å². The average Bonchev–Trinajstić information content (AvgIpc) is 2.13. The van der Waals surface area contributed by atoms with Crippen LogP contribution in [0.1, 0.15) is 13.3 Å². The first-order chi connectivity index (χ1) is 6.56. The van der Waals surface area contributed by atoms with Crippen LogP contribution in [0.3, 0.4) is 0 Å². The molecule has 1 rings (SSSR count). The third-order valence-electron chi connectivity index (χ3n) is 2.60. The van der Waals surface area contributed by atoms with E-state index >= 15 is 0 Å². The highest BCUT2D eigenvalue weighted by Gasteiger charge is 2.33. The molecule has 0 unspecified atom stereocenters. The van der Waals surface area contributed by atoms with E-state index in [1.165, 1.54) is 0 Å². The van der Waals surface area contributed by atoms with Gasteiger partial charge in [-0.2, -0.15) is 0 Å². The van der Waals surface area contributed by atoms with Gasteiger partial charge in [0.15, 0.2) is 0 Å². The van der Waals surface area contributed by atoms with E-state index in [4.69, 9.17) is 5.11 Å². The minimum absolute atomic E-state index is 0.0829. The predicted molar refractivity (Wildman–Crippen MR) is 50.9 cm³/mol. The number of nitrogens with zero attached hydrogens (tertiary/aromatic N) is 2. The Morgan fingerprint density at radius 1 is 1.57 bits per heavy atom. The number of carboxylic acid groups (broad SMARTS) is 1. The number of amides is 1. The fourth-order valence-corrected chi connectivity index (χ4v) is 1.72. The standard InChI is InChI=1S/C9H16N2O3/c1-3-11-5-4-10(2)9(14)7(11)6-8(12)13/h7H,3-6H2,1-2H3,(H,12,13)/t7-/m1/s1. The first-order valence-corrected chi connectivity index (χ1v) is 4.77. The Bertz CT molecular complexity index is 242. The van der Waals surface area contributed by atoms with E-state index in [2.05, 4.69) is 0 Å². The van der Waals surface area contributed by atoms with Gasteiger partial charge >= 0.3 is 5.97 Å². The maximum atomic E-state index is 11.7. The highest BCUT2D eigenvalue weighted by atomic mass is 16.4. The summed E-state index contributed by atoms with van der Waals surface area (Å²) in [6.45, 7) is 4.10. The summed E-state index contributed by atoms with van der Waals surface area (Å²) in [5.41, 5.74) is 0. The van der Waals surface area contributed by atoms with Crippen molar-refractivity contribution in [2.24, 2.45) is 0 Å². The number of likely N-dealkylation sites (N-methyl/N-ethyl adjacent to an activating group) is 2. The van der Waals surface area contributed by atoms with Crippen molar-refractivity contribution in [2.45, 2.75) is 19.4 Å². The van der Waals surface area contributed by atoms with Gasteiger partial charge in [-0.25, -0.2) is 0 Å². The summed E-state index contributed by atoms with van der Waals surface area (Å²) in [7, 11) is 1.71. The number of aliphatic carboxylic acids is 1. The number of hydrogen-bond donors (Lipinski definition) is 1. The molecule has 0 bridgehead atoms. The molecule has 80 valence electrons.